The summed E-state index contributed by atoms with van der Waals surface area (Å²) in [5.41, 5.74) is 0. The van der Waals surface area contributed by atoms with Gasteiger partial charge < -0.3 is 9.47 Å². The molecular formula is C6H13O2. The lowest BCUT2D eigenvalue weighted by molar-refractivity contribution is -0.101. The van der Waals surface area contributed by atoms with Gasteiger partial charge in [0.15, 0.2) is 6.29 Å². The third kappa shape index (κ3) is 2.99. The topological polar surface area (TPSA) is 18.5 Å². The molecule has 0 saturated heterocycles. The maximum atomic E-state index is 4.89. The largest absolute Gasteiger partial charge is 0.356 e. The highest BCUT2D eigenvalue weighted by Gasteiger charge is 2.00. The number of hydrogen-bond acceptors (Lipinski definition) is 2. The lowest BCUT2D eigenvalue weighted by Crippen LogP contribution is -2.11. The van der Waals surface area contributed by atoms with Crippen molar-refractivity contribution >= 4 is 0 Å². The van der Waals surface area contributed by atoms with Crippen LogP contribution in [-0.4, -0.2) is 20.5 Å². The number of methoxy groups -OCH3 is 2. The van der Waals surface area contributed by atoms with Crippen LogP contribution in [-0.2, 0) is 9.47 Å². The Hall–Kier alpha value is -0.0800. The smallest absolute Gasteiger partial charge is 0.157 e. The summed E-state index contributed by atoms with van der Waals surface area (Å²) in [6, 6.07) is 0. The highest BCUT2D eigenvalue weighted by molar-refractivity contribution is 4.57. The van der Waals surface area contributed by atoms with E-state index < -0.39 is 0 Å². The Morgan fingerprint density at radius 2 is 1.88 bits per heavy atom. The van der Waals surface area contributed by atoms with E-state index >= 15 is 0 Å². The summed E-state index contributed by atoms with van der Waals surface area (Å²) in [6.07, 6.45) is 2.81. The molecule has 0 bridgehead atoms. The molecule has 1 radical (unpaired) electrons. The SMILES string of the molecule is C[CH]CC(OC)OC. The van der Waals surface area contributed by atoms with E-state index in [0.29, 0.717) is 0 Å². The third-order valence-corrected chi connectivity index (χ3v) is 0.954. The molecular weight excluding hydrogens is 104 g/mol. The van der Waals surface area contributed by atoms with Crippen molar-refractivity contribution in [2.24, 2.45) is 0 Å². The van der Waals surface area contributed by atoms with Crippen molar-refractivity contribution in [1.29, 1.82) is 0 Å². The Balaban J connectivity index is 3.07. The van der Waals surface area contributed by atoms with Gasteiger partial charge in [-0.3, -0.25) is 0 Å². The summed E-state index contributed by atoms with van der Waals surface area (Å²) in [5.74, 6) is 0. The van der Waals surface area contributed by atoms with Crippen LogP contribution < -0.4 is 0 Å². The Bertz CT molecular complexity index is 41.8. The number of hydrogen-bond donors (Lipinski definition) is 0. The number of ether oxygens (including phenoxy) is 2. The first kappa shape index (κ1) is 7.92. The second kappa shape index (κ2) is 5.06. The van der Waals surface area contributed by atoms with Crippen LogP contribution in [0.1, 0.15) is 13.3 Å². The van der Waals surface area contributed by atoms with Crippen LogP contribution in [0.5, 0.6) is 0 Å². The molecule has 0 unspecified atom stereocenters. The summed E-state index contributed by atoms with van der Waals surface area (Å²) >= 11 is 0. The van der Waals surface area contributed by atoms with Crippen LogP contribution in [0.25, 0.3) is 0 Å². The number of rotatable bonds is 4. The molecule has 0 aliphatic carbocycles. The van der Waals surface area contributed by atoms with Gasteiger partial charge in [0, 0.05) is 20.6 Å². The molecule has 8 heavy (non-hydrogen) atoms. The molecule has 0 N–H and O–H groups in total. The average Bonchev–Trinajstić information content (AvgIpc) is 1.83. The first-order valence-electron chi connectivity index (χ1n) is 2.68. The van der Waals surface area contributed by atoms with Crippen LogP contribution in [0.2, 0.25) is 0 Å². The van der Waals surface area contributed by atoms with Gasteiger partial charge in [-0.25, -0.2) is 0 Å². The van der Waals surface area contributed by atoms with Crippen LogP contribution in [0.3, 0.4) is 0 Å². The van der Waals surface area contributed by atoms with Crippen molar-refractivity contribution in [3.05, 3.63) is 6.42 Å². The fourth-order valence-electron chi connectivity index (χ4n) is 0.481. The molecule has 2 heteroatoms. The van der Waals surface area contributed by atoms with Gasteiger partial charge in [-0.1, -0.05) is 6.92 Å². The van der Waals surface area contributed by atoms with Gasteiger partial charge in [0.25, 0.3) is 0 Å². The molecule has 0 aromatic heterocycles. The highest BCUT2D eigenvalue weighted by atomic mass is 16.7. The quantitative estimate of drug-likeness (QED) is 0.515. The maximum Gasteiger partial charge on any atom is 0.157 e. The maximum absolute atomic E-state index is 4.89. The minimum atomic E-state index is -0.0556. The van der Waals surface area contributed by atoms with Crippen molar-refractivity contribution in [3.8, 4) is 0 Å². The molecule has 0 aliphatic rings. The minimum absolute atomic E-state index is 0.0556. The molecule has 0 aromatic rings. The molecule has 0 amide bonds. The van der Waals surface area contributed by atoms with Crippen molar-refractivity contribution in [2.75, 3.05) is 14.2 Å². The summed E-state index contributed by atoms with van der Waals surface area (Å²) in [5, 5.41) is 0. The van der Waals surface area contributed by atoms with Gasteiger partial charge in [-0.15, -0.1) is 0 Å². The molecule has 49 valence electrons. The molecule has 2 nitrogen and oxygen atoms in total. The fourth-order valence-corrected chi connectivity index (χ4v) is 0.481. The molecule has 0 atom stereocenters. The summed E-state index contributed by atoms with van der Waals surface area (Å²) < 4.78 is 9.77. The van der Waals surface area contributed by atoms with Crippen LogP contribution >= 0.6 is 0 Å². The molecule has 0 heterocycles. The Kier molecular flexibility index (Phi) is 5.01. The molecule has 0 rings (SSSR count). The lowest BCUT2D eigenvalue weighted by atomic mass is 10.3. The Morgan fingerprint density at radius 3 is 2.00 bits per heavy atom. The van der Waals surface area contributed by atoms with E-state index in [2.05, 4.69) is 0 Å². The first-order valence-corrected chi connectivity index (χ1v) is 2.68. The molecule has 0 aromatic carbocycles. The summed E-state index contributed by atoms with van der Waals surface area (Å²) in [6.45, 7) is 1.98. The van der Waals surface area contributed by atoms with Crippen molar-refractivity contribution in [2.45, 2.75) is 19.6 Å². The van der Waals surface area contributed by atoms with E-state index in [9.17, 15) is 0 Å². The zero-order valence-corrected chi connectivity index (χ0v) is 5.68. The first-order chi connectivity index (χ1) is 3.85. The predicted octanol–water partition coefficient (Wildman–Crippen LogP) is 1.22. The van der Waals surface area contributed by atoms with Gasteiger partial charge in [0.1, 0.15) is 0 Å². The van der Waals surface area contributed by atoms with Crippen LogP contribution in [0, 0.1) is 6.42 Å². The zero-order chi connectivity index (χ0) is 6.41. The summed E-state index contributed by atoms with van der Waals surface area (Å²) in [4.78, 5) is 0. The molecule has 0 aliphatic heterocycles. The third-order valence-electron chi connectivity index (χ3n) is 0.954. The van der Waals surface area contributed by atoms with E-state index in [-0.39, 0.29) is 6.29 Å². The lowest BCUT2D eigenvalue weighted by Gasteiger charge is -2.10. The van der Waals surface area contributed by atoms with Crippen LogP contribution in [0.15, 0.2) is 0 Å². The molecule has 0 spiro atoms. The normalized spacial score (nSPS) is 10.5. The minimum Gasteiger partial charge on any atom is -0.356 e. The van der Waals surface area contributed by atoms with E-state index in [1.54, 1.807) is 14.2 Å². The van der Waals surface area contributed by atoms with Gasteiger partial charge in [-0.2, -0.15) is 0 Å². The second-order valence-corrected chi connectivity index (χ2v) is 1.54. The molecule has 0 saturated carbocycles. The Morgan fingerprint density at radius 1 is 1.38 bits per heavy atom. The van der Waals surface area contributed by atoms with Gasteiger partial charge in [0.05, 0.1) is 0 Å². The monoisotopic (exact) mass is 117 g/mol. The predicted molar refractivity (Wildman–Crippen MR) is 32.4 cm³/mol. The standard InChI is InChI=1S/C6H13O2/c1-4-5-6(7-2)8-3/h4,6H,5H2,1-3H3. The van der Waals surface area contributed by atoms with Crippen molar-refractivity contribution in [3.63, 3.8) is 0 Å². The highest BCUT2D eigenvalue weighted by Crippen LogP contribution is 1.98. The zero-order valence-electron chi connectivity index (χ0n) is 5.68. The van der Waals surface area contributed by atoms with E-state index in [4.69, 9.17) is 9.47 Å². The van der Waals surface area contributed by atoms with E-state index in [1.165, 1.54) is 0 Å². The Labute approximate surface area is 50.8 Å². The van der Waals surface area contributed by atoms with Crippen LogP contribution in [0.4, 0.5) is 0 Å². The van der Waals surface area contributed by atoms with E-state index in [1.807, 2.05) is 13.3 Å². The van der Waals surface area contributed by atoms with Crippen molar-refractivity contribution in [1.82, 2.24) is 0 Å². The second-order valence-electron chi connectivity index (χ2n) is 1.54. The fraction of sp³-hybridized carbons (Fsp3) is 0.833. The van der Waals surface area contributed by atoms with Gasteiger partial charge in [0.2, 0.25) is 0 Å². The average molecular weight is 117 g/mol. The summed E-state index contributed by atoms with van der Waals surface area (Å²) in [7, 11) is 3.27. The van der Waals surface area contributed by atoms with Crippen molar-refractivity contribution < 1.29 is 9.47 Å². The van der Waals surface area contributed by atoms with E-state index in [0.717, 1.165) is 6.42 Å². The van der Waals surface area contributed by atoms with Gasteiger partial charge >= 0.3 is 0 Å². The van der Waals surface area contributed by atoms with Gasteiger partial charge in [-0.05, 0) is 6.42 Å². The molecule has 0 fully saturated rings.